The highest BCUT2D eigenvalue weighted by molar-refractivity contribution is 5.73. The maximum Gasteiger partial charge on any atom is 0.334 e. The molecule has 0 aliphatic carbocycles. The Labute approximate surface area is 163 Å². The minimum absolute atomic E-state index is 0.00664. The Morgan fingerprint density at radius 2 is 1.04 bits per heavy atom. The third kappa shape index (κ3) is 16.9. The van der Waals surface area contributed by atoms with Crippen LogP contribution in [-0.2, 0) is 9.53 Å². The molecule has 0 radical (unpaired) electrons. The maximum absolute atomic E-state index is 11.7. The van der Waals surface area contributed by atoms with E-state index in [4.69, 9.17) is 4.74 Å². The van der Waals surface area contributed by atoms with Gasteiger partial charge in [-0.2, -0.15) is 0 Å². The Morgan fingerprint density at radius 1 is 0.692 bits per heavy atom. The Hall–Kier alpha value is -0.570. The van der Waals surface area contributed by atoms with Crippen LogP contribution in [0.2, 0.25) is 0 Å². The van der Waals surface area contributed by atoms with Crippen LogP contribution in [0.3, 0.4) is 0 Å². The molecule has 26 heavy (non-hydrogen) atoms. The van der Waals surface area contributed by atoms with E-state index < -0.39 is 12.1 Å². The van der Waals surface area contributed by atoms with E-state index in [-0.39, 0.29) is 6.10 Å². The fraction of sp³-hybridized carbons (Fsp3) is 0.957. The second-order valence-electron chi connectivity index (χ2n) is 7.91. The Bertz CT molecular complexity index is 302. The molecule has 156 valence electrons. The number of hydrogen-bond acceptors (Lipinski definition) is 3. The van der Waals surface area contributed by atoms with Crippen molar-refractivity contribution in [2.45, 2.75) is 142 Å². The molecule has 0 aromatic carbocycles. The summed E-state index contributed by atoms with van der Waals surface area (Å²) in [6.07, 6.45) is 20.2. The fourth-order valence-corrected chi connectivity index (χ4v) is 3.36. The van der Waals surface area contributed by atoms with Gasteiger partial charge < -0.3 is 9.84 Å². The van der Waals surface area contributed by atoms with Gasteiger partial charge in [-0.25, -0.2) is 4.79 Å². The summed E-state index contributed by atoms with van der Waals surface area (Å²) in [6.45, 7) is 5.98. The Morgan fingerprint density at radius 3 is 1.38 bits per heavy atom. The third-order valence-electron chi connectivity index (χ3n) is 5.13. The van der Waals surface area contributed by atoms with Gasteiger partial charge in [-0.1, -0.05) is 97.3 Å². The molecule has 0 saturated carbocycles. The molecule has 0 aliphatic heterocycles. The molecule has 0 aliphatic rings. The fourth-order valence-electron chi connectivity index (χ4n) is 3.36. The summed E-state index contributed by atoms with van der Waals surface area (Å²) in [7, 11) is 0. The zero-order valence-corrected chi connectivity index (χ0v) is 17.9. The molecule has 0 aromatic heterocycles. The number of unbranched alkanes of at least 4 members (excludes halogenated alkanes) is 13. The summed E-state index contributed by atoms with van der Waals surface area (Å²) in [6, 6.07) is 0. The Balaban J connectivity index is 3.87. The van der Waals surface area contributed by atoms with Gasteiger partial charge in [-0.15, -0.1) is 0 Å². The lowest BCUT2D eigenvalue weighted by Gasteiger charge is -2.19. The van der Waals surface area contributed by atoms with Crippen molar-refractivity contribution in [3.8, 4) is 0 Å². The minimum Gasteiger partial charge on any atom is -0.460 e. The van der Waals surface area contributed by atoms with Gasteiger partial charge in [0.05, 0.1) is 0 Å². The summed E-state index contributed by atoms with van der Waals surface area (Å²) in [5.74, 6) is -0.461. The van der Waals surface area contributed by atoms with Crippen molar-refractivity contribution in [3.63, 3.8) is 0 Å². The number of carbonyl (C=O) groups is 1. The first-order valence-corrected chi connectivity index (χ1v) is 11.5. The van der Waals surface area contributed by atoms with Gasteiger partial charge in [0, 0.05) is 0 Å². The van der Waals surface area contributed by atoms with Crippen LogP contribution in [0.4, 0.5) is 0 Å². The molecule has 3 nitrogen and oxygen atoms in total. The monoisotopic (exact) mass is 370 g/mol. The predicted octanol–water partition coefficient (Wildman–Crippen LogP) is 6.95. The van der Waals surface area contributed by atoms with Crippen LogP contribution in [0.5, 0.6) is 0 Å². The molecule has 2 atom stereocenters. The highest BCUT2D eigenvalue weighted by Gasteiger charge is 2.17. The lowest BCUT2D eigenvalue weighted by atomic mass is 10.0. The van der Waals surface area contributed by atoms with Gasteiger partial charge in [0.25, 0.3) is 0 Å². The number of hydrogen-bond donors (Lipinski definition) is 1. The van der Waals surface area contributed by atoms with Crippen molar-refractivity contribution in [1.82, 2.24) is 0 Å². The van der Waals surface area contributed by atoms with E-state index in [0.29, 0.717) is 0 Å². The molecular weight excluding hydrogens is 324 g/mol. The first-order valence-electron chi connectivity index (χ1n) is 11.5. The molecule has 3 heteroatoms. The maximum atomic E-state index is 11.7. The number of carbonyl (C=O) groups excluding carboxylic acids is 1. The topological polar surface area (TPSA) is 46.5 Å². The first-order chi connectivity index (χ1) is 12.6. The molecular formula is C23H46O3. The summed E-state index contributed by atoms with van der Waals surface area (Å²) >= 11 is 0. The zero-order valence-electron chi connectivity index (χ0n) is 17.9. The third-order valence-corrected chi connectivity index (χ3v) is 5.13. The lowest BCUT2D eigenvalue weighted by Crippen LogP contribution is -2.26. The second kappa shape index (κ2) is 19.2. The lowest BCUT2D eigenvalue weighted by molar-refractivity contribution is -0.158. The molecule has 0 aromatic rings. The smallest absolute Gasteiger partial charge is 0.334 e. The van der Waals surface area contributed by atoms with Crippen molar-refractivity contribution >= 4 is 5.97 Å². The molecule has 0 fully saturated rings. The molecule has 0 saturated heterocycles. The molecule has 0 rings (SSSR count). The number of aliphatic hydroxyl groups excluding tert-OH is 1. The molecule has 2 unspecified atom stereocenters. The second-order valence-corrected chi connectivity index (χ2v) is 7.91. The highest BCUT2D eigenvalue weighted by atomic mass is 16.6. The average molecular weight is 371 g/mol. The van der Waals surface area contributed by atoms with Crippen LogP contribution < -0.4 is 0 Å². The predicted molar refractivity (Wildman–Crippen MR) is 111 cm³/mol. The molecule has 0 amide bonds. The van der Waals surface area contributed by atoms with Crippen LogP contribution in [0.15, 0.2) is 0 Å². The zero-order chi connectivity index (χ0) is 19.5. The van der Waals surface area contributed by atoms with Crippen LogP contribution in [0.25, 0.3) is 0 Å². The van der Waals surface area contributed by atoms with Crippen LogP contribution >= 0.6 is 0 Å². The van der Waals surface area contributed by atoms with E-state index in [1.165, 1.54) is 90.4 Å². The minimum atomic E-state index is -1.01. The standard InChI is InChI=1S/C23H46O3/c1-4-6-8-10-12-14-16-18-20-22(26-23(25)21(3)24)19-17-15-13-11-9-7-5-2/h21-22,24H,4-20H2,1-3H3. The van der Waals surface area contributed by atoms with Crippen LogP contribution in [0.1, 0.15) is 130 Å². The number of ether oxygens (including phenoxy) is 1. The number of aliphatic hydroxyl groups is 1. The Kier molecular flexibility index (Phi) is 18.8. The van der Waals surface area contributed by atoms with E-state index in [2.05, 4.69) is 13.8 Å². The van der Waals surface area contributed by atoms with Crippen LogP contribution in [-0.4, -0.2) is 23.3 Å². The summed E-state index contributed by atoms with van der Waals surface area (Å²) in [5.41, 5.74) is 0. The van der Waals surface area contributed by atoms with E-state index in [1.807, 2.05) is 0 Å². The van der Waals surface area contributed by atoms with Crippen molar-refractivity contribution in [3.05, 3.63) is 0 Å². The summed E-state index contributed by atoms with van der Waals surface area (Å²) in [4.78, 5) is 11.7. The van der Waals surface area contributed by atoms with Gasteiger partial charge in [0.2, 0.25) is 0 Å². The number of rotatable bonds is 19. The average Bonchev–Trinajstić information content (AvgIpc) is 2.62. The van der Waals surface area contributed by atoms with Crippen molar-refractivity contribution < 1.29 is 14.6 Å². The van der Waals surface area contributed by atoms with E-state index in [9.17, 15) is 9.90 Å². The highest BCUT2D eigenvalue weighted by Crippen LogP contribution is 2.17. The van der Waals surface area contributed by atoms with E-state index >= 15 is 0 Å². The van der Waals surface area contributed by atoms with Gasteiger partial charge in [-0.3, -0.25) is 0 Å². The summed E-state index contributed by atoms with van der Waals surface area (Å²) in [5, 5.41) is 9.40. The number of esters is 1. The largest absolute Gasteiger partial charge is 0.460 e. The van der Waals surface area contributed by atoms with Gasteiger partial charge in [0.1, 0.15) is 12.2 Å². The normalized spacial score (nSPS) is 13.5. The van der Waals surface area contributed by atoms with E-state index in [0.717, 1.165) is 25.7 Å². The van der Waals surface area contributed by atoms with Crippen molar-refractivity contribution in [2.75, 3.05) is 0 Å². The molecule has 1 N–H and O–H groups in total. The molecule has 0 heterocycles. The van der Waals surface area contributed by atoms with Gasteiger partial charge in [-0.05, 0) is 32.6 Å². The van der Waals surface area contributed by atoms with Crippen molar-refractivity contribution in [2.24, 2.45) is 0 Å². The quantitative estimate of drug-likeness (QED) is 0.198. The molecule has 0 spiro atoms. The summed E-state index contributed by atoms with van der Waals surface area (Å²) < 4.78 is 5.53. The van der Waals surface area contributed by atoms with Gasteiger partial charge in [0.15, 0.2) is 0 Å². The van der Waals surface area contributed by atoms with Crippen LogP contribution in [0, 0.1) is 0 Å². The molecule has 0 bridgehead atoms. The SMILES string of the molecule is CCCCCCCCCCC(CCCCCCCCC)OC(=O)C(C)O. The first kappa shape index (κ1) is 25.4. The van der Waals surface area contributed by atoms with Gasteiger partial charge >= 0.3 is 5.97 Å². The van der Waals surface area contributed by atoms with Crippen molar-refractivity contribution in [1.29, 1.82) is 0 Å². The van der Waals surface area contributed by atoms with E-state index in [1.54, 1.807) is 0 Å².